The summed E-state index contributed by atoms with van der Waals surface area (Å²) in [6, 6.07) is 3.55. The molecule has 4 rings (SSSR count). The summed E-state index contributed by atoms with van der Waals surface area (Å²) in [5.74, 6) is 0.469. The molecule has 0 saturated heterocycles. The lowest BCUT2D eigenvalue weighted by molar-refractivity contribution is 0.0561. The molecule has 0 aromatic carbocycles. The molecule has 1 aliphatic carbocycles. The topological polar surface area (TPSA) is 96.7 Å². The first-order valence-corrected chi connectivity index (χ1v) is 10.4. The number of furan rings is 1. The van der Waals surface area contributed by atoms with E-state index in [2.05, 4.69) is 25.3 Å². The van der Waals surface area contributed by atoms with E-state index in [1.165, 1.54) is 31.3 Å². The number of nitrogens with zero attached hydrogens (tertiary/aromatic N) is 2. The number of rotatable bonds is 5. The van der Waals surface area contributed by atoms with E-state index in [0.29, 0.717) is 11.7 Å². The first kappa shape index (κ1) is 18.9. The number of hydrogen-bond acceptors (Lipinski definition) is 7. The summed E-state index contributed by atoms with van der Waals surface area (Å²) in [7, 11) is 1.33. The molecule has 9 heteroatoms. The Labute approximate surface area is 167 Å². The zero-order valence-electron chi connectivity index (χ0n) is 15.8. The molecule has 1 aliphatic heterocycles. The molecular formula is C19H24N4O4S. The number of nitrogens with one attached hydrogen (secondary N) is 2. The van der Waals surface area contributed by atoms with Gasteiger partial charge in [0.05, 0.1) is 19.3 Å². The van der Waals surface area contributed by atoms with Gasteiger partial charge in [-0.15, -0.1) is 11.3 Å². The van der Waals surface area contributed by atoms with E-state index in [4.69, 9.17) is 4.42 Å². The van der Waals surface area contributed by atoms with E-state index in [-0.39, 0.29) is 17.8 Å². The van der Waals surface area contributed by atoms with Crippen LogP contribution in [0, 0.1) is 0 Å². The van der Waals surface area contributed by atoms with Crippen LogP contribution < -0.4 is 10.6 Å². The minimum Gasteiger partial charge on any atom is -0.463 e. The van der Waals surface area contributed by atoms with Gasteiger partial charge in [0.2, 0.25) is 5.76 Å². The average molecular weight is 404 g/mol. The number of carbonyl (C=O) groups excluding carboxylic acids is 2. The van der Waals surface area contributed by atoms with E-state index >= 15 is 0 Å². The normalized spacial score (nSPS) is 17.3. The molecule has 150 valence electrons. The van der Waals surface area contributed by atoms with E-state index in [1.807, 2.05) is 0 Å². The fourth-order valence-corrected chi connectivity index (χ4v) is 4.76. The van der Waals surface area contributed by atoms with Crippen LogP contribution in [0.15, 0.2) is 16.5 Å². The first-order valence-electron chi connectivity index (χ1n) is 9.56. The van der Waals surface area contributed by atoms with Gasteiger partial charge in [-0.2, -0.15) is 0 Å². The number of anilines is 1. The smallest absolute Gasteiger partial charge is 0.373 e. The average Bonchev–Trinajstić information content (AvgIpc) is 3.41. The summed E-state index contributed by atoms with van der Waals surface area (Å²) >= 11 is 1.52. The monoisotopic (exact) mass is 404 g/mol. The summed E-state index contributed by atoms with van der Waals surface area (Å²) in [6.07, 6.45) is 5.30. The molecule has 2 amide bonds. The van der Waals surface area contributed by atoms with Gasteiger partial charge in [0.1, 0.15) is 5.76 Å². The molecule has 1 fully saturated rings. The number of thiazole rings is 1. The number of methoxy groups -OCH3 is 1. The third kappa shape index (κ3) is 4.36. The lowest BCUT2D eigenvalue weighted by Gasteiger charge is -2.24. The van der Waals surface area contributed by atoms with Crippen LogP contribution >= 0.6 is 11.3 Å². The van der Waals surface area contributed by atoms with Crippen molar-refractivity contribution in [2.75, 3.05) is 19.0 Å². The summed E-state index contributed by atoms with van der Waals surface area (Å²) < 4.78 is 10.2. The third-order valence-electron chi connectivity index (χ3n) is 5.15. The maximum atomic E-state index is 12.2. The standard InChI is InChI=1S/C19H24N4O4S/c1-26-17(24)15-7-6-13(27-15)10-23-9-8-14-16(11-23)28-19(21-14)22-18(25)20-12-4-2-3-5-12/h6-7,12H,2-5,8-11H2,1H3,(H2,20,21,22,25). The molecule has 0 radical (unpaired) electrons. The van der Waals surface area contributed by atoms with Crippen molar-refractivity contribution in [3.05, 3.63) is 34.2 Å². The highest BCUT2D eigenvalue weighted by molar-refractivity contribution is 7.15. The van der Waals surface area contributed by atoms with E-state index in [0.717, 1.165) is 48.7 Å². The van der Waals surface area contributed by atoms with Gasteiger partial charge in [-0.05, 0) is 25.0 Å². The zero-order chi connectivity index (χ0) is 19.5. The van der Waals surface area contributed by atoms with Crippen molar-refractivity contribution in [1.82, 2.24) is 15.2 Å². The van der Waals surface area contributed by atoms with Gasteiger partial charge in [0.25, 0.3) is 0 Å². The van der Waals surface area contributed by atoms with Crippen molar-refractivity contribution in [2.24, 2.45) is 0 Å². The predicted octanol–water partition coefficient (Wildman–Crippen LogP) is 3.15. The molecular weight excluding hydrogens is 380 g/mol. The van der Waals surface area contributed by atoms with Crippen LogP contribution in [-0.2, 0) is 24.2 Å². The Morgan fingerprint density at radius 1 is 1.36 bits per heavy atom. The molecule has 3 heterocycles. The second-order valence-electron chi connectivity index (χ2n) is 7.19. The van der Waals surface area contributed by atoms with Crippen LogP contribution in [0.25, 0.3) is 0 Å². The van der Waals surface area contributed by atoms with Crippen molar-refractivity contribution < 1.29 is 18.7 Å². The Balaban J connectivity index is 1.33. The Hall–Kier alpha value is -2.39. The Morgan fingerprint density at radius 3 is 2.96 bits per heavy atom. The summed E-state index contributed by atoms with van der Waals surface area (Å²) in [4.78, 5) is 31.6. The fourth-order valence-electron chi connectivity index (χ4n) is 3.72. The van der Waals surface area contributed by atoms with Crippen LogP contribution in [0.1, 0.15) is 52.6 Å². The fraction of sp³-hybridized carbons (Fsp3) is 0.526. The summed E-state index contributed by atoms with van der Waals surface area (Å²) in [5, 5.41) is 6.55. The van der Waals surface area contributed by atoms with E-state index in [9.17, 15) is 9.59 Å². The predicted molar refractivity (Wildman–Crippen MR) is 104 cm³/mol. The molecule has 8 nitrogen and oxygen atoms in total. The molecule has 0 bridgehead atoms. The quantitative estimate of drug-likeness (QED) is 0.743. The molecule has 28 heavy (non-hydrogen) atoms. The summed E-state index contributed by atoms with van der Waals surface area (Å²) in [5.41, 5.74) is 1.05. The van der Waals surface area contributed by atoms with Crippen molar-refractivity contribution in [3.63, 3.8) is 0 Å². The Morgan fingerprint density at radius 2 is 2.18 bits per heavy atom. The molecule has 2 aromatic heterocycles. The van der Waals surface area contributed by atoms with Gasteiger partial charge < -0.3 is 14.5 Å². The number of esters is 1. The van der Waals surface area contributed by atoms with Gasteiger partial charge in [0, 0.05) is 30.4 Å². The van der Waals surface area contributed by atoms with Crippen molar-refractivity contribution in [1.29, 1.82) is 0 Å². The first-order chi connectivity index (χ1) is 13.6. The summed E-state index contributed by atoms with van der Waals surface area (Å²) in [6.45, 7) is 2.20. The minimum atomic E-state index is -0.471. The van der Waals surface area contributed by atoms with E-state index < -0.39 is 5.97 Å². The Bertz CT molecular complexity index is 856. The second kappa shape index (κ2) is 8.32. The van der Waals surface area contributed by atoms with Gasteiger partial charge >= 0.3 is 12.0 Å². The molecule has 2 aromatic rings. The zero-order valence-corrected chi connectivity index (χ0v) is 16.6. The molecule has 0 unspecified atom stereocenters. The van der Waals surface area contributed by atoms with Crippen molar-refractivity contribution in [2.45, 2.75) is 51.2 Å². The van der Waals surface area contributed by atoms with Crippen molar-refractivity contribution >= 4 is 28.5 Å². The Kier molecular flexibility index (Phi) is 5.63. The van der Waals surface area contributed by atoms with Crippen LogP contribution in [0.4, 0.5) is 9.93 Å². The second-order valence-corrected chi connectivity index (χ2v) is 8.27. The highest BCUT2D eigenvalue weighted by Gasteiger charge is 2.23. The number of hydrogen-bond donors (Lipinski definition) is 2. The molecule has 2 N–H and O–H groups in total. The van der Waals surface area contributed by atoms with Gasteiger partial charge in [-0.25, -0.2) is 14.6 Å². The van der Waals surface area contributed by atoms with Crippen molar-refractivity contribution in [3.8, 4) is 0 Å². The maximum Gasteiger partial charge on any atom is 0.373 e. The third-order valence-corrected chi connectivity index (χ3v) is 6.15. The van der Waals surface area contributed by atoms with Crippen LogP contribution in [0.2, 0.25) is 0 Å². The molecule has 0 spiro atoms. The number of amides is 2. The maximum absolute atomic E-state index is 12.2. The molecule has 1 saturated carbocycles. The van der Waals surface area contributed by atoms with Gasteiger partial charge in [0.15, 0.2) is 5.13 Å². The van der Waals surface area contributed by atoms with Crippen LogP contribution in [0.5, 0.6) is 0 Å². The minimum absolute atomic E-state index is 0.166. The molecule has 2 aliphatic rings. The lowest BCUT2D eigenvalue weighted by Crippen LogP contribution is -2.36. The number of urea groups is 1. The van der Waals surface area contributed by atoms with Crippen LogP contribution in [0.3, 0.4) is 0 Å². The number of carbonyl (C=O) groups is 2. The number of ether oxygens (including phenoxy) is 1. The molecule has 0 atom stereocenters. The largest absolute Gasteiger partial charge is 0.463 e. The number of fused-ring (bicyclic) bond motifs is 1. The highest BCUT2D eigenvalue weighted by Crippen LogP contribution is 2.29. The van der Waals surface area contributed by atoms with Gasteiger partial charge in [-0.1, -0.05) is 12.8 Å². The van der Waals surface area contributed by atoms with Crippen LogP contribution in [-0.4, -0.2) is 41.6 Å². The SMILES string of the molecule is COC(=O)c1ccc(CN2CCc3nc(NC(=O)NC4CCCC4)sc3C2)o1. The number of aromatic nitrogens is 1. The van der Waals surface area contributed by atoms with E-state index in [1.54, 1.807) is 12.1 Å². The lowest BCUT2D eigenvalue weighted by atomic mass is 10.2. The highest BCUT2D eigenvalue weighted by atomic mass is 32.1. The van der Waals surface area contributed by atoms with Gasteiger partial charge in [-0.3, -0.25) is 10.2 Å².